The molecule has 0 aliphatic rings. The molecule has 132 valence electrons. The van der Waals surface area contributed by atoms with Crippen molar-refractivity contribution < 1.29 is 4.79 Å². The van der Waals surface area contributed by atoms with Crippen molar-refractivity contribution >= 4 is 33.5 Å². The average molecular weight is 404 g/mol. The highest BCUT2D eigenvalue weighted by atomic mass is 79.9. The van der Waals surface area contributed by atoms with Crippen LogP contribution in [0.15, 0.2) is 52.1 Å². The lowest BCUT2D eigenvalue weighted by atomic mass is 10.2. The molecule has 0 bridgehead atoms. The monoisotopic (exact) mass is 403 g/mol. The number of halogens is 1. The van der Waals surface area contributed by atoms with Crippen LogP contribution in [0.5, 0.6) is 0 Å². The number of benzene rings is 1. The molecule has 2 aromatic rings. The summed E-state index contributed by atoms with van der Waals surface area (Å²) in [5.41, 5.74) is 2.81. The molecular weight excluding hydrogens is 382 g/mol. The Morgan fingerprint density at radius 3 is 2.80 bits per heavy atom. The second-order valence-corrected chi connectivity index (χ2v) is 6.35. The fourth-order valence-electron chi connectivity index (χ4n) is 2.16. The molecule has 1 amide bonds. The lowest BCUT2D eigenvalue weighted by molar-refractivity contribution is -0.115. The highest BCUT2D eigenvalue weighted by molar-refractivity contribution is 9.10. The largest absolute Gasteiger partial charge is 0.356 e. The number of hydrogen-bond donors (Lipinski definition) is 3. The molecule has 25 heavy (non-hydrogen) atoms. The van der Waals surface area contributed by atoms with E-state index in [2.05, 4.69) is 41.9 Å². The number of aromatic nitrogens is 1. The van der Waals surface area contributed by atoms with E-state index in [-0.39, 0.29) is 12.5 Å². The molecule has 0 aliphatic heterocycles. The standard InChI is InChI=1S/C18H22BrN5O/c1-13-6-7-14(19)11-16(13)24-17(25)12-23-18(20-2)22-10-8-15-5-3-4-9-21-15/h3-7,9,11H,8,10,12H2,1-2H3,(H,24,25)(H2,20,22,23). The minimum atomic E-state index is -0.131. The number of hydrogen-bond acceptors (Lipinski definition) is 3. The van der Waals surface area contributed by atoms with Crippen LogP contribution >= 0.6 is 15.9 Å². The van der Waals surface area contributed by atoms with Crippen molar-refractivity contribution in [3.05, 3.63) is 58.3 Å². The first-order valence-corrected chi connectivity index (χ1v) is 8.78. The van der Waals surface area contributed by atoms with Gasteiger partial charge < -0.3 is 16.0 Å². The Hall–Kier alpha value is -2.41. The second-order valence-electron chi connectivity index (χ2n) is 5.43. The number of rotatable bonds is 6. The summed E-state index contributed by atoms with van der Waals surface area (Å²) >= 11 is 3.41. The lowest BCUT2D eigenvalue weighted by Gasteiger charge is -2.13. The molecule has 0 fully saturated rings. The number of carbonyl (C=O) groups excluding carboxylic acids is 1. The van der Waals surface area contributed by atoms with E-state index in [0.29, 0.717) is 12.5 Å². The number of guanidine groups is 1. The van der Waals surface area contributed by atoms with Crippen molar-refractivity contribution in [3.8, 4) is 0 Å². The maximum atomic E-state index is 12.1. The van der Waals surface area contributed by atoms with Crippen molar-refractivity contribution in [2.75, 3.05) is 25.5 Å². The van der Waals surface area contributed by atoms with Gasteiger partial charge in [-0.3, -0.25) is 14.8 Å². The van der Waals surface area contributed by atoms with Crippen LogP contribution in [-0.2, 0) is 11.2 Å². The first-order chi connectivity index (χ1) is 12.1. The van der Waals surface area contributed by atoms with Gasteiger partial charge in [0.15, 0.2) is 5.96 Å². The van der Waals surface area contributed by atoms with Gasteiger partial charge in [-0.15, -0.1) is 0 Å². The van der Waals surface area contributed by atoms with Crippen molar-refractivity contribution in [1.82, 2.24) is 15.6 Å². The number of nitrogens with one attached hydrogen (secondary N) is 3. The highest BCUT2D eigenvalue weighted by Gasteiger charge is 2.06. The van der Waals surface area contributed by atoms with E-state index in [0.717, 1.165) is 27.8 Å². The zero-order valence-electron chi connectivity index (χ0n) is 14.3. The lowest BCUT2D eigenvalue weighted by Crippen LogP contribution is -2.42. The zero-order chi connectivity index (χ0) is 18.1. The summed E-state index contributed by atoms with van der Waals surface area (Å²) in [5, 5.41) is 9.06. The number of pyridine rings is 1. The van der Waals surface area contributed by atoms with Gasteiger partial charge in [0.05, 0.1) is 6.54 Å². The van der Waals surface area contributed by atoms with E-state index in [1.807, 2.05) is 43.3 Å². The molecule has 2 rings (SSSR count). The summed E-state index contributed by atoms with van der Waals surface area (Å²) in [6.07, 6.45) is 2.56. The Kier molecular flexibility index (Phi) is 7.40. The molecule has 1 aromatic carbocycles. The Morgan fingerprint density at radius 1 is 1.24 bits per heavy atom. The van der Waals surface area contributed by atoms with Crippen molar-refractivity contribution in [2.45, 2.75) is 13.3 Å². The molecule has 0 spiro atoms. The molecule has 0 unspecified atom stereocenters. The Bertz CT molecular complexity index is 734. The van der Waals surface area contributed by atoms with E-state index in [1.54, 1.807) is 13.2 Å². The third-order valence-corrected chi connectivity index (χ3v) is 4.01. The predicted molar refractivity (Wildman–Crippen MR) is 105 cm³/mol. The van der Waals surface area contributed by atoms with Crippen molar-refractivity contribution in [2.24, 2.45) is 4.99 Å². The van der Waals surface area contributed by atoms with Crippen LogP contribution in [0.3, 0.4) is 0 Å². The van der Waals surface area contributed by atoms with Crippen molar-refractivity contribution in [3.63, 3.8) is 0 Å². The third-order valence-electron chi connectivity index (χ3n) is 3.51. The van der Waals surface area contributed by atoms with Gasteiger partial charge in [0.1, 0.15) is 0 Å². The van der Waals surface area contributed by atoms with E-state index in [9.17, 15) is 4.79 Å². The number of anilines is 1. The average Bonchev–Trinajstić information content (AvgIpc) is 2.62. The Labute approximate surface area is 156 Å². The normalized spacial score (nSPS) is 11.1. The van der Waals surface area contributed by atoms with Crippen LogP contribution in [0.25, 0.3) is 0 Å². The molecule has 0 saturated heterocycles. The second kappa shape index (κ2) is 9.78. The molecule has 0 atom stereocenters. The summed E-state index contributed by atoms with van der Waals surface area (Å²) in [7, 11) is 1.67. The zero-order valence-corrected chi connectivity index (χ0v) is 15.9. The molecule has 6 nitrogen and oxygen atoms in total. The smallest absolute Gasteiger partial charge is 0.243 e. The topological polar surface area (TPSA) is 78.4 Å². The molecule has 1 aromatic heterocycles. The molecule has 1 heterocycles. The van der Waals surface area contributed by atoms with E-state index >= 15 is 0 Å². The van der Waals surface area contributed by atoms with Gasteiger partial charge in [0, 0.05) is 42.1 Å². The van der Waals surface area contributed by atoms with Gasteiger partial charge in [-0.25, -0.2) is 0 Å². The van der Waals surface area contributed by atoms with Gasteiger partial charge in [0.25, 0.3) is 0 Å². The number of nitrogens with zero attached hydrogens (tertiary/aromatic N) is 2. The third kappa shape index (κ3) is 6.54. The minimum Gasteiger partial charge on any atom is -0.356 e. The maximum absolute atomic E-state index is 12.1. The first kappa shape index (κ1) is 18.9. The summed E-state index contributed by atoms with van der Waals surface area (Å²) in [5.74, 6) is 0.450. The van der Waals surface area contributed by atoms with Gasteiger partial charge >= 0.3 is 0 Å². The fraction of sp³-hybridized carbons (Fsp3) is 0.278. The van der Waals surface area contributed by atoms with Gasteiger partial charge in [-0.2, -0.15) is 0 Å². The fourth-order valence-corrected chi connectivity index (χ4v) is 2.52. The summed E-state index contributed by atoms with van der Waals surface area (Å²) in [6.45, 7) is 2.77. The highest BCUT2D eigenvalue weighted by Crippen LogP contribution is 2.20. The SMILES string of the molecule is CN=C(NCCc1ccccn1)NCC(=O)Nc1cc(Br)ccc1C. The van der Waals surface area contributed by atoms with Crippen molar-refractivity contribution in [1.29, 1.82) is 0 Å². The van der Waals surface area contributed by atoms with E-state index < -0.39 is 0 Å². The molecule has 0 saturated carbocycles. The number of aliphatic imine (C=N–C) groups is 1. The summed E-state index contributed by atoms with van der Waals surface area (Å²) < 4.78 is 0.924. The number of amides is 1. The predicted octanol–water partition coefficient (Wildman–Crippen LogP) is 2.50. The molecule has 0 aliphatic carbocycles. The number of aryl methyl sites for hydroxylation is 1. The summed E-state index contributed by atoms with van der Waals surface area (Å²) in [4.78, 5) is 20.5. The van der Waals surface area contributed by atoms with Crippen LogP contribution in [0.4, 0.5) is 5.69 Å². The first-order valence-electron chi connectivity index (χ1n) is 7.99. The Morgan fingerprint density at radius 2 is 2.08 bits per heavy atom. The summed E-state index contributed by atoms with van der Waals surface area (Å²) in [6, 6.07) is 11.6. The van der Waals surface area contributed by atoms with E-state index in [4.69, 9.17) is 0 Å². The van der Waals surface area contributed by atoms with Crippen LogP contribution < -0.4 is 16.0 Å². The van der Waals surface area contributed by atoms with Crippen LogP contribution in [0.2, 0.25) is 0 Å². The molecule has 7 heteroatoms. The van der Waals surface area contributed by atoms with Crippen LogP contribution in [-0.4, -0.2) is 37.0 Å². The quantitative estimate of drug-likeness (QED) is 0.511. The van der Waals surface area contributed by atoms with Crippen LogP contribution in [0.1, 0.15) is 11.3 Å². The Balaban J connectivity index is 1.76. The molecule has 3 N–H and O–H groups in total. The van der Waals surface area contributed by atoms with E-state index in [1.165, 1.54) is 0 Å². The van der Waals surface area contributed by atoms with Gasteiger partial charge in [0.2, 0.25) is 5.91 Å². The molecule has 0 radical (unpaired) electrons. The van der Waals surface area contributed by atoms with Gasteiger partial charge in [-0.05, 0) is 36.8 Å². The minimum absolute atomic E-state index is 0.131. The van der Waals surface area contributed by atoms with Gasteiger partial charge in [-0.1, -0.05) is 28.1 Å². The number of carbonyl (C=O) groups is 1. The maximum Gasteiger partial charge on any atom is 0.243 e. The molecular formula is C18H22BrN5O. The van der Waals surface area contributed by atoms with Crippen LogP contribution in [0, 0.1) is 6.92 Å².